The first-order valence-electron chi connectivity index (χ1n) is 11.5. The van der Waals surface area contributed by atoms with Crippen LogP contribution >= 0.6 is 11.3 Å². The molecule has 0 saturated heterocycles. The third kappa shape index (κ3) is 4.65. The number of pyridine rings is 1. The lowest BCUT2D eigenvalue weighted by molar-refractivity contribution is 0.102. The van der Waals surface area contributed by atoms with Crippen molar-refractivity contribution in [3.8, 4) is 22.8 Å². The van der Waals surface area contributed by atoms with Crippen LogP contribution in [0.3, 0.4) is 0 Å². The standard InChI is InChI=1S/C27H23N5O2S/c1-17-3-2-4-26(29-17)32-24(19-7-12-22-25(13-19)35-16-28-22)14-23(31-32)27(33)30-20-8-10-21(11-9-20)34-15-18-5-6-18/h2-4,7-14,16,18H,5-6,15H2,1H3,(H,30,33). The van der Waals surface area contributed by atoms with Crippen molar-refractivity contribution < 1.29 is 9.53 Å². The quantitative estimate of drug-likeness (QED) is 0.313. The zero-order valence-electron chi connectivity index (χ0n) is 19.1. The molecule has 1 aliphatic carbocycles. The number of hydrogen-bond acceptors (Lipinski definition) is 6. The van der Waals surface area contributed by atoms with Gasteiger partial charge in [0.25, 0.3) is 5.91 Å². The van der Waals surface area contributed by atoms with Crippen LogP contribution in [0.5, 0.6) is 5.75 Å². The maximum absolute atomic E-state index is 13.1. The minimum absolute atomic E-state index is 0.289. The second kappa shape index (κ2) is 8.96. The first-order valence-corrected chi connectivity index (χ1v) is 12.4. The Morgan fingerprint density at radius 3 is 2.77 bits per heavy atom. The average Bonchev–Trinajstić information content (AvgIpc) is 3.39. The Balaban J connectivity index is 1.30. The molecule has 2 aromatic carbocycles. The number of anilines is 1. The summed E-state index contributed by atoms with van der Waals surface area (Å²) in [5.41, 5.74) is 6.36. The molecule has 0 spiro atoms. The topological polar surface area (TPSA) is 81.9 Å². The molecule has 7 nitrogen and oxygen atoms in total. The molecule has 0 atom stereocenters. The van der Waals surface area contributed by atoms with Gasteiger partial charge in [-0.15, -0.1) is 11.3 Å². The summed E-state index contributed by atoms with van der Waals surface area (Å²) >= 11 is 1.58. The van der Waals surface area contributed by atoms with Crippen LogP contribution in [0.15, 0.2) is 72.2 Å². The summed E-state index contributed by atoms with van der Waals surface area (Å²) in [6.45, 7) is 2.69. The van der Waals surface area contributed by atoms with Gasteiger partial charge in [0.1, 0.15) is 5.75 Å². The highest BCUT2D eigenvalue weighted by molar-refractivity contribution is 7.16. The minimum atomic E-state index is -0.289. The summed E-state index contributed by atoms with van der Waals surface area (Å²) in [5.74, 6) is 1.87. The molecule has 1 aliphatic rings. The fraction of sp³-hybridized carbons (Fsp3) is 0.185. The number of benzene rings is 2. The molecular formula is C27H23N5O2S. The number of amides is 1. The number of rotatable bonds is 7. The molecule has 0 unspecified atom stereocenters. The molecule has 8 heteroatoms. The van der Waals surface area contributed by atoms with Crippen molar-refractivity contribution >= 4 is 33.1 Å². The fourth-order valence-corrected chi connectivity index (χ4v) is 4.58. The van der Waals surface area contributed by atoms with Crippen molar-refractivity contribution in [1.29, 1.82) is 0 Å². The van der Waals surface area contributed by atoms with Gasteiger partial charge in [0, 0.05) is 16.9 Å². The SMILES string of the molecule is Cc1cccc(-n2nc(C(=O)Nc3ccc(OCC4CC4)cc3)cc2-c2ccc3ncsc3c2)n1. The molecule has 1 amide bonds. The number of nitrogens with one attached hydrogen (secondary N) is 1. The monoisotopic (exact) mass is 481 g/mol. The van der Waals surface area contributed by atoms with Crippen LogP contribution in [0.4, 0.5) is 5.69 Å². The van der Waals surface area contributed by atoms with Crippen LogP contribution in [-0.4, -0.2) is 32.3 Å². The maximum Gasteiger partial charge on any atom is 0.276 e. The van der Waals surface area contributed by atoms with Crippen LogP contribution in [-0.2, 0) is 0 Å². The minimum Gasteiger partial charge on any atom is -0.493 e. The van der Waals surface area contributed by atoms with E-state index in [0.717, 1.165) is 39.5 Å². The highest BCUT2D eigenvalue weighted by atomic mass is 32.1. The van der Waals surface area contributed by atoms with Crippen LogP contribution in [0.2, 0.25) is 0 Å². The Bertz CT molecular complexity index is 1520. The van der Waals surface area contributed by atoms with E-state index in [1.165, 1.54) is 12.8 Å². The molecule has 3 heterocycles. The average molecular weight is 482 g/mol. The Labute approximate surface area is 206 Å². The van der Waals surface area contributed by atoms with E-state index in [9.17, 15) is 4.79 Å². The predicted molar refractivity (Wildman–Crippen MR) is 137 cm³/mol. The first kappa shape index (κ1) is 21.5. The van der Waals surface area contributed by atoms with Crippen molar-refractivity contribution in [3.63, 3.8) is 0 Å². The van der Waals surface area contributed by atoms with Crippen molar-refractivity contribution in [2.75, 3.05) is 11.9 Å². The summed E-state index contributed by atoms with van der Waals surface area (Å²) in [6, 6.07) is 21.0. The Morgan fingerprint density at radius 1 is 1.11 bits per heavy atom. The van der Waals surface area contributed by atoms with E-state index in [-0.39, 0.29) is 5.91 Å². The van der Waals surface area contributed by atoms with E-state index < -0.39 is 0 Å². The second-order valence-electron chi connectivity index (χ2n) is 8.73. The van der Waals surface area contributed by atoms with Crippen molar-refractivity contribution in [3.05, 3.63) is 83.6 Å². The number of thiazole rings is 1. The number of aryl methyl sites for hydroxylation is 1. The molecule has 1 saturated carbocycles. The number of fused-ring (bicyclic) bond motifs is 1. The predicted octanol–water partition coefficient (Wildman–Crippen LogP) is 5.89. The Morgan fingerprint density at radius 2 is 1.97 bits per heavy atom. The van der Waals surface area contributed by atoms with Gasteiger partial charge in [-0.1, -0.05) is 12.1 Å². The fourth-order valence-electron chi connectivity index (χ4n) is 3.86. The lowest BCUT2D eigenvalue weighted by Crippen LogP contribution is -2.13. The molecular weight excluding hydrogens is 458 g/mol. The highest BCUT2D eigenvalue weighted by Crippen LogP contribution is 2.30. The molecule has 35 heavy (non-hydrogen) atoms. The van der Waals surface area contributed by atoms with Gasteiger partial charge < -0.3 is 10.1 Å². The van der Waals surface area contributed by atoms with Crippen LogP contribution in [0.25, 0.3) is 27.3 Å². The van der Waals surface area contributed by atoms with E-state index in [1.807, 2.05) is 67.0 Å². The molecule has 3 aromatic heterocycles. The zero-order chi connectivity index (χ0) is 23.8. The number of carbonyl (C=O) groups is 1. The third-order valence-corrected chi connectivity index (χ3v) is 6.75. The third-order valence-electron chi connectivity index (χ3n) is 5.95. The summed E-state index contributed by atoms with van der Waals surface area (Å²) in [7, 11) is 0. The van der Waals surface area contributed by atoms with Crippen LogP contribution < -0.4 is 10.1 Å². The molecule has 0 radical (unpaired) electrons. The number of ether oxygens (including phenoxy) is 1. The van der Waals surface area contributed by atoms with E-state index >= 15 is 0 Å². The lowest BCUT2D eigenvalue weighted by Gasteiger charge is -2.08. The van der Waals surface area contributed by atoms with Gasteiger partial charge in [0.05, 0.1) is 28.0 Å². The first-order chi connectivity index (χ1) is 17.1. The van der Waals surface area contributed by atoms with Crippen LogP contribution in [0.1, 0.15) is 29.0 Å². The van der Waals surface area contributed by atoms with Gasteiger partial charge >= 0.3 is 0 Å². The zero-order valence-corrected chi connectivity index (χ0v) is 20.0. The van der Waals surface area contributed by atoms with E-state index in [1.54, 1.807) is 22.1 Å². The smallest absolute Gasteiger partial charge is 0.276 e. The van der Waals surface area contributed by atoms with Crippen LogP contribution in [0, 0.1) is 12.8 Å². The van der Waals surface area contributed by atoms with Gasteiger partial charge in [0.2, 0.25) is 0 Å². The van der Waals surface area contributed by atoms with Crippen molar-refractivity contribution in [1.82, 2.24) is 19.7 Å². The van der Waals surface area contributed by atoms with E-state index in [0.29, 0.717) is 23.1 Å². The molecule has 0 bridgehead atoms. The Hall–Kier alpha value is -4.04. The van der Waals surface area contributed by atoms with Gasteiger partial charge in [-0.2, -0.15) is 5.10 Å². The number of nitrogens with zero attached hydrogens (tertiary/aromatic N) is 4. The molecule has 1 fully saturated rings. The normalized spacial score (nSPS) is 13.2. The highest BCUT2D eigenvalue weighted by Gasteiger charge is 2.22. The molecule has 0 aliphatic heterocycles. The van der Waals surface area contributed by atoms with E-state index in [2.05, 4.69) is 26.4 Å². The van der Waals surface area contributed by atoms with Crippen molar-refractivity contribution in [2.24, 2.45) is 5.92 Å². The van der Waals surface area contributed by atoms with Gasteiger partial charge in [-0.25, -0.2) is 14.6 Å². The largest absolute Gasteiger partial charge is 0.493 e. The maximum atomic E-state index is 13.1. The van der Waals surface area contributed by atoms with Gasteiger partial charge in [0.15, 0.2) is 11.5 Å². The lowest BCUT2D eigenvalue weighted by atomic mass is 10.1. The number of aromatic nitrogens is 4. The summed E-state index contributed by atoms with van der Waals surface area (Å²) in [6.07, 6.45) is 2.50. The summed E-state index contributed by atoms with van der Waals surface area (Å²) in [4.78, 5) is 22.1. The van der Waals surface area contributed by atoms with Gasteiger partial charge in [-0.05, 0) is 80.3 Å². The molecule has 1 N–H and O–H groups in total. The molecule has 174 valence electrons. The van der Waals surface area contributed by atoms with Crippen molar-refractivity contribution in [2.45, 2.75) is 19.8 Å². The van der Waals surface area contributed by atoms with E-state index in [4.69, 9.17) is 4.74 Å². The molecule has 5 aromatic rings. The summed E-state index contributed by atoms with van der Waals surface area (Å²) in [5, 5.41) is 7.58. The molecule has 6 rings (SSSR count). The Kier molecular flexibility index (Phi) is 5.50. The number of hydrogen-bond donors (Lipinski definition) is 1. The summed E-state index contributed by atoms with van der Waals surface area (Å²) < 4.78 is 8.58. The second-order valence-corrected chi connectivity index (χ2v) is 9.62. The van der Waals surface area contributed by atoms with Gasteiger partial charge in [-0.3, -0.25) is 4.79 Å². The number of carbonyl (C=O) groups excluding carboxylic acids is 1.